The van der Waals surface area contributed by atoms with Crippen LogP contribution in [-0.2, 0) is 34.1 Å². The zero-order valence-electron chi connectivity index (χ0n) is 15.2. The van der Waals surface area contributed by atoms with Crippen molar-refractivity contribution in [3.8, 4) is 0 Å². The predicted molar refractivity (Wildman–Crippen MR) is 93.2 cm³/mol. The maximum atomic E-state index is 11.9. The topological polar surface area (TPSA) is 99.2 Å². The monoisotopic (exact) mass is 389 g/mol. The fourth-order valence-corrected chi connectivity index (χ4v) is 3.12. The minimum absolute atomic E-state index is 0.0530. The lowest BCUT2D eigenvalue weighted by Crippen LogP contribution is -2.33. The molecule has 10 heteroatoms. The van der Waals surface area contributed by atoms with Crippen LogP contribution in [0.15, 0.2) is 0 Å². The van der Waals surface area contributed by atoms with E-state index >= 15 is 0 Å². The van der Waals surface area contributed by atoms with Crippen molar-refractivity contribution in [3.63, 3.8) is 0 Å². The van der Waals surface area contributed by atoms with Crippen molar-refractivity contribution in [2.75, 3.05) is 51.7 Å². The van der Waals surface area contributed by atoms with E-state index in [0.29, 0.717) is 6.61 Å². The molecule has 146 valence electrons. The summed E-state index contributed by atoms with van der Waals surface area (Å²) in [6.45, 7) is 7.85. The summed E-state index contributed by atoms with van der Waals surface area (Å²) in [5, 5.41) is -0.444. The van der Waals surface area contributed by atoms with Gasteiger partial charge in [0.15, 0.2) is 15.8 Å². The van der Waals surface area contributed by atoms with Crippen molar-refractivity contribution in [1.82, 2.24) is 4.31 Å². The Labute approximate surface area is 146 Å². The van der Waals surface area contributed by atoms with E-state index in [1.165, 1.54) is 7.05 Å². The average Bonchev–Trinajstić information content (AvgIpc) is 2.45. The number of sulfone groups is 1. The van der Waals surface area contributed by atoms with Gasteiger partial charge in [0.2, 0.25) is 10.0 Å². The molecule has 0 aromatic rings. The molecule has 0 saturated carbocycles. The molecule has 0 N–H and O–H groups in total. The third-order valence-electron chi connectivity index (χ3n) is 3.17. The van der Waals surface area contributed by atoms with Crippen LogP contribution in [0.1, 0.15) is 27.7 Å². The summed E-state index contributed by atoms with van der Waals surface area (Å²) < 4.78 is 63.8. The van der Waals surface area contributed by atoms with Crippen molar-refractivity contribution in [2.24, 2.45) is 0 Å². The van der Waals surface area contributed by atoms with Crippen LogP contribution in [0.25, 0.3) is 0 Å². The van der Waals surface area contributed by atoms with E-state index in [4.69, 9.17) is 14.2 Å². The summed E-state index contributed by atoms with van der Waals surface area (Å²) in [5.74, 6) is -0.493. The average molecular weight is 390 g/mol. The van der Waals surface area contributed by atoms with Crippen LogP contribution in [0.3, 0.4) is 0 Å². The van der Waals surface area contributed by atoms with E-state index in [2.05, 4.69) is 0 Å². The first kappa shape index (κ1) is 23.7. The number of nitrogens with zero attached hydrogens (tertiary/aromatic N) is 1. The Morgan fingerprint density at radius 2 is 1.50 bits per heavy atom. The fraction of sp³-hybridized carbons (Fsp3) is 1.00. The molecule has 8 nitrogen and oxygen atoms in total. The predicted octanol–water partition coefficient (Wildman–Crippen LogP) is 0.487. The Morgan fingerprint density at radius 1 is 0.875 bits per heavy atom. The van der Waals surface area contributed by atoms with Crippen LogP contribution < -0.4 is 0 Å². The summed E-state index contributed by atoms with van der Waals surface area (Å²) in [4.78, 5) is 0. The van der Waals surface area contributed by atoms with Gasteiger partial charge in [-0.05, 0) is 27.7 Å². The highest BCUT2D eigenvalue weighted by Gasteiger charge is 2.18. The lowest BCUT2D eigenvalue weighted by atomic mass is 10.5. The van der Waals surface area contributed by atoms with Gasteiger partial charge < -0.3 is 14.2 Å². The highest BCUT2D eigenvalue weighted by Crippen LogP contribution is 2.02. The summed E-state index contributed by atoms with van der Waals surface area (Å²) >= 11 is 0. The maximum Gasteiger partial charge on any atom is 0.238 e. The minimum atomic E-state index is -3.53. The minimum Gasteiger partial charge on any atom is -0.379 e. The molecular weight excluding hydrogens is 358 g/mol. The molecule has 0 rings (SSSR count). The summed E-state index contributed by atoms with van der Waals surface area (Å²) in [5.41, 5.74) is 0. The molecule has 0 amide bonds. The van der Waals surface area contributed by atoms with Crippen LogP contribution in [-0.4, -0.2) is 84.2 Å². The van der Waals surface area contributed by atoms with Gasteiger partial charge in [0.1, 0.15) is 0 Å². The van der Waals surface area contributed by atoms with Crippen LogP contribution in [0.5, 0.6) is 0 Å². The molecule has 0 atom stereocenters. The van der Waals surface area contributed by atoms with Crippen LogP contribution >= 0.6 is 0 Å². The zero-order valence-corrected chi connectivity index (χ0v) is 16.9. The second-order valence-electron chi connectivity index (χ2n) is 5.91. The van der Waals surface area contributed by atoms with Crippen molar-refractivity contribution in [1.29, 1.82) is 0 Å². The van der Waals surface area contributed by atoms with Crippen LogP contribution in [0, 0.1) is 0 Å². The molecule has 0 aromatic carbocycles. The van der Waals surface area contributed by atoms with E-state index in [9.17, 15) is 16.8 Å². The Morgan fingerprint density at radius 3 is 2.04 bits per heavy atom. The van der Waals surface area contributed by atoms with E-state index < -0.39 is 31.0 Å². The second kappa shape index (κ2) is 11.4. The smallest absolute Gasteiger partial charge is 0.238 e. The third kappa shape index (κ3) is 10.6. The molecule has 24 heavy (non-hydrogen) atoms. The molecule has 0 unspecified atom stereocenters. The Balaban J connectivity index is 3.94. The molecule has 0 radical (unpaired) electrons. The van der Waals surface area contributed by atoms with Gasteiger partial charge in [-0.1, -0.05) is 0 Å². The first-order valence-electron chi connectivity index (χ1n) is 7.91. The maximum absolute atomic E-state index is 11.9. The summed E-state index contributed by atoms with van der Waals surface area (Å²) in [6.07, 6.45) is 0.0736. The van der Waals surface area contributed by atoms with Gasteiger partial charge in [0.05, 0.1) is 43.5 Å². The highest BCUT2D eigenvalue weighted by molar-refractivity contribution is 7.92. The van der Waals surface area contributed by atoms with Gasteiger partial charge in [-0.15, -0.1) is 0 Å². The molecule has 0 aliphatic rings. The van der Waals surface area contributed by atoms with Crippen molar-refractivity contribution < 1.29 is 31.0 Å². The first-order chi connectivity index (χ1) is 11.0. The summed E-state index contributed by atoms with van der Waals surface area (Å²) in [7, 11) is -5.24. The second-order valence-corrected chi connectivity index (χ2v) is 10.6. The largest absolute Gasteiger partial charge is 0.379 e. The number of hydrogen-bond donors (Lipinski definition) is 0. The fourth-order valence-electron chi connectivity index (χ4n) is 1.44. The number of hydrogen-bond acceptors (Lipinski definition) is 7. The van der Waals surface area contributed by atoms with E-state index in [-0.39, 0.29) is 38.2 Å². The Bertz CT molecular complexity index is 529. The van der Waals surface area contributed by atoms with Gasteiger partial charge in [-0.2, -0.15) is 0 Å². The Kier molecular flexibility index (Phi) is 11.3. The molecule has 0 fully saturated rings. The summed E-state index contributed by atoms with van der Waals surface area (Å²) in [6, 6.07) is 0. The van der Waals surface area contributed by atoms with E-state index in [1.54, 1.807) is 13.8 Å². The standard InChI is InChI=1S/C14H31NO7S2/c1-13(2)22-9-8-21-12-24(18,19)15(5)6-7-20-10-11-23(16,17)14(3)4/h13-14H,6-12H2,1-5H3. The number of sulfonamides is 1. The quantitative estimate of drug-likeness (QED) is 0.399. The van der Waals surface area contributed by atoms with Gasteiger partial charge >= 0.3 is 0 Å². The van der Waals surface area contributed by atoms with E-state index in [0.717, 1.165) is 4.31 Å². The molecule has 0 bridgehead atoms. The molecule has 0 aromatic heterocycles. The lowest BCUT2D eigenvalue weighted by Gasteiger charge is -2.17. The SMILES string of the molecule is CC(C)OCCOCS(=O)(=O)N(C)CCOCCS(=O)(=O)C(C)C. The number of ether oxygens (including phenoxy) is 3. The van der Waals surface area contributed by atoms with Gasteiger partial charge in [-0.3, -0.25) is 0 Å². The Hall–Kier alpha value is -0.260. The molecule has 0 aliphatic carbocycles. The normalized spacial score (nSPS) is 13.3. The van der Waals surface area contributed by atoms with Crippen LogP contribution in [0.2, 0.25) is 0 Å². The molecule has 0 spiro atoms. The van der Waals surface area contributed by atoms with Gasteiger partial charge in [0, 0.05) is 13.6 Å². The van der Waals surface area contributed by atoms with Gasteiger partial charge in [0.25, 0.3) is 0 Å². The molecule has 0 aliphatic heterocycles. The van der Waals surface area contributed by atoms with Crippen molar-refractivity contribution in [3.05, 3.63) is 0 Å². The third-order valence-corrected chi connectivity index (χ3v) is 6.94. The number of rotatable bonds is 14. The van der Waals surface area contributed by atoms with Crippen LogP contribution in [0.4, 0.5) is 0 Å². The zero-order chi connectivity index (χ0) is 18.8. The molecular formula is C14H31NO7S2. The number of likely N-dealkylation sites (N-methyl/N-ethyl adjacent to an activating group) is 1. The highest BCUT2D eigenvalue weighted by atomic mass is 32.2. The van der Waals surface area contributed by atoms with E-state index in [1.807, 2.05) is 13.8 Å². The lowest BCUT2D eigenvalue weighted by molar-refractivity contribution is 0.0299. The molecule has 0 saturated heterocycles. The molecule has 0 heterocycles. The van der Waals surface area contributed by atoms with Crippen molar-refractivity contribution in [2.45, 2.75) is 39.0 Å². The van der Waals surface area contributed by atoms with Crippen molar-refractivity contribution >= 4 is 19.9 Å². The van der Waals surface area contributed by atoms with Gasteiger partial charge in [-0.25, -0.2) is 21.1 Å². The first-order valence-corrected chi connectivity index (χ1v) is 11.2.